The van der Waals surface area contributed by atoms with Gasteiger partial charge in [-0.15, -0.1) is 11.3 Å². The zero-order valence-corrected chi connectivity index (χ0v) is 18.4. The van der Waals surface area contributed by atoms with Crippen LogP contribution in [0, 0.1) is 10.1 Å². The SMILES string of the molecule is CCOC(=O)c1c(NC(=S)NC(=O)C=Cc2cccc([N+](=O)[O-])c2)sc2c1CCCC2. The molecule has 1 heterocycles. The number of hydrogen-bond donors (Lipinski definition) is 2. The third kappa shape index (κ3) is 5.74. The average Bonchev–Trinajstić information content (AvgIpc) is 3.10. The molecule has 1 aromatic carbocycles. The molecule has 0 unspecified atom stereocenters. The number of rotatable bonds is 6. The van der Waals surface area contributed by atoms with Gasteiger partial charge >= 0.3 is 5.97 Å². The van der Waals surface area contributed by atoms with E-state index in [1.165, 1.54) is 41.7 Å². The number of nitro groups is 1. The van der Waals surface area contributed by atoms with Gasteiger partial charge in [0, 0.05) is 23.1 Å². The van der Waals surface area contributed by atoms with E-state index in [1.54, 1.807) is 13.0 Å². The summed E-state index contributed by atoms with van der Waals surface area (Å²) in [6, 6.07) is 5.92. The molecule has 31 heavy (non-hydrogen) atoms. The van der Waals surface area contributed by atoms with Crippen LogP contribution >= 0.6 is 23.6 Å². The maximum Gasteiger partial charge on any atom is 0.341 e. The summed E-state index contributed by atoms with van der Waals surface area (Å²) >= 11 is 6.69. The van der Waals surface area contributed by atoms with Gasteiger partial charge in [0.1, 0.15) is 5.00 Å². The third-order valence-electron chi connectivity index (χ3n) is 4.62. The van der Waals surface area contributed by atoms with Crippen LogP contribution in [-0.2, 0) is 22.4 Å². The molecule has 162 valence electrons. The molecule has 1 amide bonds. The second kappa shape index (κ2) is 10.3. The molecule has 1 aliphatic carbocycles. The van der Waals surface area contributed by atoms with Gasteiger partial charge in [-0.1, -0.05) is 12.1 Å². The number of carbonyl (C=O) groups excluding carboxylic acids is 2. The number of non-ortho nitro benzene ring substituents is 1. The number of nitrogens with one attached hydrogen (secondary N) is 2. The lowest BCUT2D eigenvalue weighted by molar-refractivity contribution is -0.384. The average molecular weight is 460 g/mol. The molecular formula is C21H21N3O5S2. The fourth-order valence-electron chi connectivity index (χ4n) is 3.28. The quantitative estimate of drug-likeness (QED) is 0.219. The molecule has 2 N–H and O–H groups in total. The van der Waals surface area contributed by atoms with Crippen molar-refractivity contribution in [2.24, 2.45) is 0 Å². The predicted molar refractivity (Wildman–Crippen MR) is 123 cm³/mol. The number of ether oxygens (including phenoxy) is 1. The van der Waals surface area contributed by atoms with Crippen molar-refractivity contribution in [3.63, 3.8) is 0 Å². The third-order valence-corrected chi connectivity index (χ3v) is 6.03. The molecule has 8 nitrogen and oxygen atoms in total. The summed E-state index contributed by atoms with van der Waals surface area (Å²) in [5.74, 6) is -0.896. The van der Waals surface area contributed by atoms with Crippen LogP contribution in [0.4, 0.5) is 10.7 Å². The van der Waals surface area contributed by atoms with Crippen LogP contribution in [0.15, 0.2) is 30.3 Å². The van der Waals surface area contributed by atoms with Crippen molar-refractivity contribution in [1.82, 2.24) is 5.32 Å². The second-order valence-corrected chi connectivity index (χ2v) is 8.28. The van der Waals surface area contributed by atoms with Gasteiger partial charge in [-0.3, -0.25) is 20.2 Å². The molecular weight excluding hydrogens is 438 g/mol. The van der Waals surface area contributed by atoms with Crippen LogP contribution in [0.2, 0.25) is 0 Å². The van der Waals surface area contributed by atoms with Gasteiger partial charge in [-0.25, -0.2) is 4.79 Å². The van der Waals surface area contributed by atoms with Crippen molar-refractivity contribution in [1.29, 1.82) is 0 Å². The number of hydrogen-bond acceptors (Lipinski definition) is 7. The topological polar surface area (TPSA) is 111 Å². The fraction of sp³-hybridized carbons (Fsp3) is 0.286. The van der Waals surface area contributed by atoms with E-state index in [9.17, 15) is 19.7 Å². The molecule has 3 rings (SSSR count). The first-order valence-corrected chi connectivity index (χ1v) is 11.0. The Bertz CT molecular complexity index is 1060. The van der Waals surface area contributed by atoms with E-state index in [2.05, 4.69) is 10.6 Å². The monoisotopic (exact) mass is 459 g/mol. The maximum atomic E-state index is 12.5. The van der Waals surface area contributed by atoms with Crippen molar-refractivity contribution in [2.75, 3.05) is 11.9 Å². The van der Waals surface area contributed by atoms with Crippen molar-refractivity contribution < 1.29 is 19.2 Å². The van der Waals surface area contributed by atoms with E-state index in [1.807, 2.05) is 0 Å². The van der Waals surface area contributed by atoms with Crippen molar-refractivity contribution in [3.8, 4) is 0 Å². The van der Waals surface area contributed by atoms with Gasteiger partial charge < -0.3 is 10.1 Å². The molecule has 10 heteroatoms. The Morgan fingerprint density at radius 3 is 2.84 bits per heavy atom. The van der Waals surface area contributed by atoms with Crippen LogP contribution in [0.25, 0.3) is 6.08 Å². The van der Waals surface area contributed by atoms with Crippen LogP contribution in [0.3, 0.4) is 0 Å². The Balaban J connectivity index is 1.68. The van der Waals surface area contributed by atoms with E-state index in [0.29, 0.717) is 16.1 Å². The smallest absolute Gasteiger partial charge is 0.341 e. The number of fused-ring (bicyclic) bond motifs is 1. The Hall–Kier alpha value is -3.11. The fourth-order valence-corrected chi connectivity index (χ4v) is 4.82. The number of anilines is 1. The largest absolute Gasteiger partial charge is 0.462 e. The highest BCUT2D eigenvalue weighted by Gasteiger charge is 2.26. The number of nitrogens with zero attached hydrogens (tertiary/aromatic N) is 1. The molecule has 2 aromatic rings. The standard InChI is InChI=1S/C21H21N3O5S2/c1-2-29-20(26)18-15-8-3-4-9-16(15)31-19(18)23-21(30)22-17(25)11-10-13-6-5-7-14(12-13)24(27)28/h5-7,10-12H,2-4,8-9H2,1H3,(H2,22,23,25,30). The van der Waals surface area contributed by atoms with Gasteiger partial charge in [-0.2, -0.15) is 0 Å². The van der Waals surface area contributed by atoms with Gasteiger partial charge in [0.2, 0.25) is 5.91 Å². The van der Waals surface area contributed by atoms with Crippen LogP contribution < -0.4 is 10.6 Å². The lowest BCUT2D eigenvalue weighted by Crippen LogP contribution is -2.33. The summed E-state index contributed by atoms with van der Waals surface area (Å²) in [4.78, 5) is 36.2. The molecule has 0 atom stereocenters. The molecule has 0 fully saturated rings. The number of aryl methyl sites for hydroxylation is 1. The number of thiophene rings is 1. The highest BCUT2D eigenvalue weighted by molar-refractivity contribution is 7.80. The van der Waals surface area contributed by atoms with Crippen molar-refractivity contribution in [2.45, 2.75) is 32.6 Å². The molecule has 0 saturated carbocycles. The Kier molecular flexibility index (Phi) is 7.48. The lowest BCUT2D eigenvalue weighted by Gasteiger charge is -2.12. The number of benzene rings is 1. The summed E-state index contributed by atoms with van der Waals surface area (Å²) in [7, 11) is 0. The van der Waals surface area contributed by atoms with Crippen molar-refractivity contribution in [3.05, 3.63) is 62.0 Å². The number of carbonyl (C=O) groups is 2. The van der Waals surface area contributed by atoms with Gasteiger partial charge in [-0.05, 0) is 62.0 Å². The number of thiocarbonyl (C=S) groups is 1. The normalized spacial score (nSPS) is 12.8. The molecule has 1 aliphatic rings. The van der Waals surface area contributed by atoms with Crippen LogP contribution in [0.1, 0.15) is 46.1 Å². The summed E-state index contributed by atoms with van der Waals surface area (Å²) in [6.07, 6.45) is 6.49. The minimum Gasteiger partial charge on any atom is -0.462 e. The summed E-state index contributed by atoms with van der Waals surface area (Å²) in [6.45, 7) is 2.02. The molecule has 0 spiro atoms. The van der Waals surface area contributed by atoms with E-state index in [-0.39, 0.29) is 17.4 Å². The first-order valence-electron chi connectivity index (χ1n) is 9.75. The number of nitro benzene ring substituents is 1. The molecule has 0 saturated heterocycles. The Morgan fingerprint density at radius 1 is 1.32 bits per heavy atom. The van der Waals surface area contributed by atoms with Crippen LogP contribution in [0.5, 0.6) is 0 Å². The minimum atomic E-state index is -0.502. The second-order valence-electron chi connectivity index (χ2n) is 6.76. The highest BCUT2D eigenvalue weighted by Crippen LogP contribution is 2.38. The minimum absolute atomic E-state index is 0.0536. The summed E-state index contributed by atoms with van der Waals surface area (Å²) in [5.41, 5.74) is 1.94. The molecule has 0 radical (unpaired) electrons. The number of esters is 1. The first kappa shape index (κ1) is 22.6. The van der Waals surface area contributed by atoms with Crippen LogP contribution in [-0.4, -0.2) is 28.5 Å². The van der Waals surface area contributed by atoms with Gasteiger partial charge in [0.15, 0.2) is 5.11 Å². The van der Waals surface area contributed by atoms with Crippen molar-refractivity contribution >= 4 is 57.3 Å². The Labute approximate surface area is 188 Å². The van der Waals surface area contributed by atoms with E-state index in [4.69, 9.17) is 17.0 Å². The van der Waals surface area contributed by atoms with E-state index >= 15 is 0 Å². The summed E-state index contributed by atoms with van der Waals surface area (Å²) < 4.78 is 5.21. The first-order chi connectivity index (χ1) is 14.9. The molecule has 1 aromatic heterocycles. The lowest BCUT2D eigenvalue weighted by atomic mass is 9.95. The summed E-state index contributed by atoms with van der Waals surface area (Å²) in [5, 5.41) is 17.0. The molecule has 0 bridgehead atoms. The molecule has 0 aliphatic heterocycles. The maximum absolute atomic E-state index is 12.5. The zero-order valence-electron chi connectivity index (χ0n) is 16.8. The van der Waals surface area contributed by atoms with E-state index < -0.39 is 16.8 Å². The zero-order chi connectivity index (χ0) is 22.4. The van der Waals surface area contributed by atoms with Gasteiger partial charge in [0.25, 0.3) is 5.69 Å². The van der Waals surface area contributed by atoms with Gasteiger partial charge in [0.05, 0.1) is 17.1 Å². The van der Waals surface area contributed by atoms with E-state index in [0.717, 1.165) is 36.1 Å². The highest BCUT2D eigenvalue weighted by atomic mass is 32.1. The predicted octanol–water partition coefficient (Wildman–Crippen LogP) is 4.24. The Morgan fingerprint density at radius 2 is 2.10 bits per heavy atom. The number of amides is 1.